The van der Waals surface area contributed by atoms with E-state index in [4.69, 9.17) is 4.74 Å². The number of nitrogens with zero attached hydrogens (tertiary/aromatic N) is 1. The van der Waals surface area contributed by atoms with Crippen LogP contribution in [0.1, 0.15) is 47.0 Å². The maximum Gasteiger partial charge on any atom is 0.300 e. The van der Waals surface area contributed by atoms with E-state index in [1.807, 2.05) is 56.5 Å². The van der Waals surface area contributed by atoms with Crippen molar-refractivity contribution in [2.24, 2.45) is 5.92 Å². The van der Waals surface area contributed by atoms with Crippen molar-refractivity contribution in [3.63, 3.8) is 0 Å². The maximum atomic E-state index is 13.3. The molecule has 1 amide bonds. The first-order chi connectivity index (χ1) is 16.2. The van der Waals surface area contributed by atoms with Crippen molar-refractivity contribution in [1.29, 1.82) is 0 Å². The lowest BCUT2D eigenvalue weighted by atomic mass is 9.98. The number of rotatable bonds is 6. The molecule has 0 spiro atoms. The van der Waals surface area contributed by atoms with E-state index in [1.165, 1.54) is 16.2 Å². The summed E-state index contributed by atoms with van der Waals surface area (Å²) in [5.41, 5.74) is 4.06. The molecule has 176 valence electrons. The van der Waals surface area contributed by atoms with Gasteiger partial charge in [0, 0.05) is 16.1 Å². The predicted molar refractivity (Wildman–Crippen MR) is 137 cm³/mol. The van der Waals surface area contributed by atoms with Crippen LogP contribution in [0.25, 0.3) is 5.76 Å². The SMILES string of the molecule is Cc1ccc(N2C(=O)C(=O)/C(=C(\O)c3ccc(OCC(C)C)c(C)c3)C2c2cccs2)c(C)c1. The summed E-state index contributed by atoms with van der Waals surface area (Å²) in [6.07, 6.45) is 0. The zero-order valence-corrected chi connectivity index (χ0v) is 20.9. The second kappa shape index (κ2) is 9.47. The van der Waals surface area contributed by atoms with Gasteiger partial charge in [-0.05, 0) is 73.5 Å². The third kappa shape index (κ3) is 4.38. The highest BCUT2D eigenvalue weighted by molar-refractivity contribution is 7.10. The highest BCUT2D eigenvalue weighted by Crippen LogP contribution is 2.44. The number of ketones is 1. The lowest BCUT2D eigenvalue weighted by molar-refractivity contribution is -0.132. The van der Waals surface area contributed by atoms with Crippen LogP contribution in [0, 0.1) is 26.7 Å². The molecule has 0 radical (unpaired) electrons. The Hall–Kier alpha value is -3.38. The molecule has 0 bridgehead atoms. The zero-order valence-electron chi connectivity index (χ0n) is 20.1. The van der Waals surface area contributed by atoms with E-state index in [0.717, 1.165) is 27.3 Å². The first-order valence-electron chi connectivity index (χ1n) is 11.3. The number of carbonyl (C=O) groups excluding carboxylic acids is 2. The number of aryl methyl sites for hydroxylation is 3. The van der Waals surface area contributed by atoms with Crippen molar-refractivity contribution in [2.75, 3.05) is 11.5 Å². The van der Waals surface area contributed by atoms with Gasteiger partial charge in [0.2, 0.25) is 0 Å². The fraction of sp³-hybridized carbons (Fsp3) is 0.286. The van der Waals surface area contributed by atoms with Gasteiger partial charge in [0.25, 0.3) is 11.7 Å². The van der Waals surface area contributed by atoms with Gasteiger partial charge >= 0.3 is 0 Å². The van der Waals surface area contributed by atoms with Crippen LogP contribution in [0.2, 0.25) is 0 Å². The van der Waals surface area contributed by atoms with E-state index in [1.54, 1.807) is 18.2 Å². The molecular weight excluding hydrogens is 446 g/mol. The lowest BCUT2D eigenvalue weighted by Gasteiger charge is -2.26. The Morgan fingerprint density at radius 3 is 2.44 bits per heavy atom. The molecule has 1 fully saturated rings. The van der Waals surface area contributed by atoms with Crippen LogP contribution < -0.4 is 9.64 Å². The number of anilines is 1. The fourth-order valence-corrected chi connectivity index (χ4v) is 5.07. The molecule has 2 aromatic carbocycles. The summed E-state index contributed by atoms with van der Waals surface area (Å²) < 4.78 is 5.85. The first kappa shape index (κ1) is 23.8. The normalized spacial score (nSPS) is 17.6. The predicted octanol–water partition coefficient (Wildman–Crippen LogP) is 6.33. The van der Waals surface area contributed by atoms with Gasteiger partial charge in [-0.15, -0.1) is 11.3 Å². The molecule has 0 aliphatic carbocycles. The average molecular weight is 476 g/mol. The summed E-state index contributed by atoms with van der Waals surface area (Å²) in [7, 11) is 0. The monoisotopic (exact) mass is 475 g/mol. The van der Waals surface area contributed by atoms with E-state index in [0.29, 0.717) is 23.8 Å². The Balaban J connectivity index is 1.83. The lowest BCUT2D eigenvalue weighted by Crippen LogP contribution is -2.29. The minimum Gasteiger partial charge on any atom is -0.507 e. The number of carbonyl (C=O) groups is 2. The molecule has 0 saturated carbocycles. The Morgan fingerprint density at radius 2 is 1.82 bits per heavy atom. The number of thiophene rings is 1. The van der Waals surface area contributed by atoms with Crippen LogP contribution >= 0.6 is 11.3 Å². The fourth-order valence-electron chi connectivity index (χ4n) is 4.24. The van der Waals surface area contributed by atoms with E-state index in [2.05, 4.69) is 13.8 Å². The largest absolute Gasteiger partial charge is 0.507 e. The van der Waals surface area contributed by atoms with Gasteiger partial charge in [0.15, 0.2) is 0 Å². The Morgan fingerprint density at radius 1 is 1.06 bits per heavy atom. The van der Waals surface area contributed by atoms with Crippen molar-refractivity contribution in [2.45, 2.75) is 40.7 Å². The smallest absolute Gasteiger partial charge is 0.300 e. The van der Waals surface area contributed by atoms with Gasteiger partial charge in [-0.1, -0.05) is 37.6 Å². The molecule has 34 heavy (non-hydrogen) atoms. The molecule has 4 rings (SSSR count). The van der Waals surface area contributed by atoms with Crippen LogP contribution in [0.15, 0.2) is 59.5 Å². The summed E-state index contributed by atoms with van der Waals surface area (Å²) in [5, 5.41) is 13.2. The Kier molecular flexibility index (Phi) is 6.62. The third-order valence-electron chi connectivity index (χ3n) is 5.89. The first-order valence-corrected chi connectivity index (χ1v) is 12.2. The van der Waals surface area contributed by atoms with E-state index in [9.17, 15) is 14.7 Å². The number of hydrogen-bond donors (Lipinski definition) is 1. The van der Waals surface area contributed by atoms with E-state index >= 15 is 0 Å². The van der Waals surface area contributed by atoms with Crippen molar-refractivity contribution in [3.8, 4) is 5.75 Å². The molecule has 1 saturated heterocycles. The Bertz CT molecular complexity index is 1270. The summed E-state index contributed by atoms with van der Waals surface area (Å²) in [4.78, 5) is 28.9. The van der Waals surface area contributed by atoms with Gasteiger partial charge in [-0.2, -0.15) is 0 Å². The summed E-state index contributed by atoms with van der Waals surface area (Å²) >= 11 is 1.45. The van der Waals surface area contributed by atoms with Crippen LogP contribution in [0.4, 0.5) is 5.69 Å². The number of aliphatic hydroxyl groups excluding tert-OH is 1. The molecule has 1 unspecified atom stereocenters. The molecule has 1 N–H and O–H groups in total. The number of aliphatic hydroxyl groups is 1. The van der Waals surface area contributed by atoms with Crippen molar-refractivity contribution in [1.82, 2.24) is 0 Å². The number of Topliss-reactive ketones (excluding diaryl/α,β-unsaturated/α-hetero) is 1. The highest BCUT2D eigenvalue weighted by atomic mass is 32.1. The second-order valence-electron chi connectivity index (χ2n) is 9.16. The standard InChI is InChI=1S/C28H29NO4S/c1-16(2)15-33-22-11-9-20(14-19(22)5)26(30)24-25(23-7-6-12-34-23)29(28(32)27(24)31)21-10-8-17(3)13-18(21)4/h6-14,16,25,30H,15H2,1-5H3/b26-24-. The second-order valence-corrected chi connectivity index (χ2v) is 10.1. The molecular formula is C28H29NO4S. The number of ether oxygens (including phenoxy) is 1. The van der Waals surface area contributed by atoms with Crippen molar-refractivity contribution in [3.05, 3.63) is 86.6 Å². The molecule has 1 atom stereocenters. The van der Waals surface area contributed by atoms with Crippen molar-refractivity contribution >= 4 is 34.5 Å². The summed E-state index contributed by atoms with van der Waals surface area (Å²) in [6.45, 7) is 10.6. The van der Waals surface area contributed by atoms with Crippen molar-refractivity contribution < 1.29 is 19.4 Å². The minimum atomic E-state index is -0.696. The van der Waals surface area contributed by atoms with Crippen LogP contribution in [-0.4, -0.2) is 23.4 Å². The maximum absolute atomic E-state index is 13.3. The van der Waals surface area contributed by atoms with E-state index in [-0.39, 0.29) is 11.3 Å². The summed E-state index contributed by atoms with van der Waals surface area (Å²) in [6, 6.07) is 14.2. The zero-order chi connectivity index (χ0) is 24.6. The van der Waals surface area contributed by atoms with Gasteiger partial charge in [-0.25, -0.2) is 0 Å². The van der Waals surface area contributed by atoms with Crippen LogP contribution in [-0.2, 0) is 9.59 Å². The summed E-state index contributed by atoms with van der Waals surface area (Å²) in [5.74, 6) is -0.382. The third-order valence-corrected chi connectivity index (χ3v) is 6.81. The quantitative estimate of drug-likeness (QED) is 0.257. The van der Waals surface area contributed by atoms with Gasteiger partial charge in [0.1, 0.15) is 17.6 Å². The molecule has 1 aliphatic heterocycles. The number of hydrogen-bond acceptors (Lipinski definition) is 5. The number of amides is 1. The highest BCUT2D eigenvalue weighted by Gasteiger charge is 2.47. The molecule has 6 heteroatoms. The molecule has 1 aliphatic rings. The Labute approximate surface area is 204 Å². The number of benzene rings is 2. The molecule has 2 heterocycles. The van der Waals surface area contributed by atoms with Crippen LogP contribution in [0.5, 0.6) is 5.75 Å². The van der Waals surface area contributed by atoms with Crippen LogP contribution in [0.3, 0.4) is 0 Å². The molecule has 3 aromatic rings. The van der Waals surface area contributed by atoms with Gasteiger partial charge in [-0.3, -0.25) is 14.5 Å². The van der Waals surface area contributed by atoms with Gasteiger partial charge in [0.05, 0.1) is 12.2 Å². The molecule has 1 aromatic heterocycles. The average Bonchev–Trinajstić information content (AvgIpc) is 3.40. The van der Waals surface area contributed by atoms with E-state index < -0.39 is 17.7 Å². The molecule has 5 nitrogen and oxygen atoms in total. The minimum absolute atomic E-state index is 0.0997. The van der Waals surface area contributed by atoms with Gasteiger partial charge < -0.3 is 9.84 Å². The topological polar surface area (TPSA) is 66.8 Å².